The van der Waals surface area contributed by atoms with Gasteiger partial charge in [0.05, 0.1) is 14.2 Å². The number of benzene rings is 6. The predicted octanol–water partition coefficient (Wildman–Crippen LogP) is 10.7. The van der Waals surface area contributed by atoms with Crippen molar-refractivity contribution >= 4 is 34.1 Å². The molecule has 0 unspecified atom stereocenters. The molecule has 0 amide bonds. The maximum absolute atomic E-state index is 6.05. The summed E-state index contributed by atoms with van der Waals surface area (Å²) in [6.45, 7) is 5.05. The lowest BCUT2D eigenvalue weighted by atomic mass is 10.1. The Hall–Kier alpha value is -5.88. The van der Waals surface area contributed by atoms with E-state index in [0.29, 0.717) is 13.2 Å². The van der Waals surface area contributed by atoms with E-state index in [4.69, 9.17) is 18.9 Å². The van der Waals surface area contributed by atoms with Crippen molar-refractivity contribution in [2.45, 2.75) is 13.8 Å². The van der Waals surface area contributed by atoms with Gasteiger partial charge in [0.25, 0.3) is 0 Å². The van der Waals surface area contributed by atoms with E-state index in [1.165, 1.54) is 11.1 Å². The van der Waals surface area contributed by atoms with Gasteiger partial charge in [-0.3, -0.25) is 0 Å². The van der Waals surface area contributed by atoms with Crippen LogP contribution in [0.4, 0.5) is 34.1 Å². The molecular formula is C42H40N2O4. The van der Waals surface area contributed by atoms with Crippen LogP contribution in [0.1, 0.15) is 11.1 Å². The molecule has 0 bridgehead atoms. The minimum absolute atomic E-state index is 0.417. The Morgan fingerprint density at radius 3 is 0.812 bits per heavy atom. The Balaban J connectivity index is 1.09. The highest BCUT2D eigenvalue weighted by Crippen LogP contribution is 2.37. The highest BCUT2D eigenvalue weighted by atomic mass is 16.5. The van der Waals surface area contributed by atoms with Crippen molar-refractivity contribution in [3.8, 4) is 23.0 Å². The third-order valence-corrected chi connectivity index (χ3v) is 8.06. The van der Waals surface area contributed by atoms with Crippen molar-refractivity contribution in [1.82, 2.24) is 0 Å². The van der Waals surface area contributed by atoms with Gasteiger partial charge in [0.15, 0.2) is 0 Å². The molecule has 6 aromatic carbocycles. The largest absolute Gasteiger partial charge is 0.497 e. The van der Waals surface area contributed by atoms with Crippen LogP contribution in [0.5, 0.6) is 23.0 Å². The fourth-order valence-electron chi connectivity index (χ4n) is 5.45. The molecule has 0 aliphatic rings. The Morgan fingerprint density at radius 2 is 0.562 bits per heavy atom. The maximum Gasteiger partial charge on any atom is 0.122 e. The lowest BCUT2D eigenvalue weighted by molar-refractivity contribution is 0.217. The minimum Gasteiger partial charge on any atom is -0.497 e. The number of methoxy groups -OCH3 is 2. The Bertz CT molecular complexity index is 1780. The molecule has 0 fully saturated rings. The molecule has 6 nitrogen and oxygen atoms in total. The topological polar surface area (TPSA) is 43.4 Å². The molecule has 0 radical (unpaired) electrons. The second kappa shape index (κ2) is 15.1. The second-order valence-electron chi connectivity index (χ2n) is 11.4. The quantitative estimate of drug-likeness (QED) is 0.118. The SMILES string of the molecule is COc1ccc(N(c2ccc(OC)cc2)c2ccc(OCCOc3ccc(N(c4ccc(C)cc4)c4ccc(C)cc4)cc3)cc2)cc1. The van der Waals surface area contributed by atoms with Gasteiger partial charge in [0, 0.05) is 34.1 Å². The van der Waals surface area contributed by atoms with Gasteiger partial charge in [-0.2, -0.15) is 0 Å². The first kappa shape index (κ1) is 32.1. The van der Waals surface area contributed by atoms with E-state index in [0.717, 1.165) is 57.1 Å². The van der Waals surface area contributed by atoms with Gasteiger partial charge in [0.2, 0.25) is 0 Å². The van der Waals surface area contributed by atoms with Crippen LogP contribution in [-0.4, -0.2) is 27.4 Å². The van der Waals surface area contributed by atoms with Crippen molar-refractivity contribution in [3.63, 3.8) is 0 Å². The molecule has 0 spiro atoms. The number of anilines is 6. The van der Waals surface area contributed by atoms with Gasteiger partial charge < -0.3 is 28.7 Å². The van der Waals surface area contributed by atoms with E-state index >= 15 is 0 Å². The first-order valence-corrected chi connectivity index (χ1v) is 16.0. The normalized spacial score (nSPS) is 10.7. The summed E-state index contributed by atoms with van der Waals surface area (Å²) >= 11 is 0. The van der Waals surface area contributed by atoms with Crippen molar-refractivity contribution < 1.29 is 18.9 Å². The summed E-state index contributed by atoms with van der Waals surface area (Å²) in [4.78, 5) is 4.42. The summed E-state index contributed by atoms with van der Waals surface area (Å²) in [6, 6.07) is 49.4. The van der Waals surface area contributed by atoms with Crippen LogP contribution in [0.25, 0.3) is 0 Å². The van der Waals surface area contributed by atoms with E-state index in [-0.39, 0.29) is 0 Å². The Morgan fingerprint density at radius 1 is 0.333 bits per heavy atom. The number of hydrogen-bond donors (Lipinski definition) is 0. The standard InChI is InChI=1S/C42H40N2O4/c1-31-5-9-33(10-6-31)43(34-11-7-32(2)8-12-34)37-17-25-41(26-18-37)47-29-30-48-42-27-19-38(20-28-42)44(35-13-21-39(45-3)22-14-35)36-15-23-40(46-4)24-16-36/h5-28H,29-30H2,1-4H3. The van der Waals surface area contributed by atoms with Crippen molar-refractivity contribution in [3.05, 3.63) is 157 Å². The van der Waals surface area contributed by atoms with E-state index in [1.807, 2.05) is 72.8 Å². The van der Waals surface area contributed by atoms with Crippen molar-refractivity contribution in [2.75, 3.05) is 37.2 Å². The van der Waals surface area contributed by atoms with Gasteiger partial charge in [0.1, 0.15) is 36.2 Å². The highest BCUT2D eigenvalue weighted by Gasteiger charge is 2.14. The third-order valence-electron chi connectivity index (χ3n) is 8.06. The maximum atomic E-state index is 6.05. The number of aryl methyl sites for hydroxylation is 2. The molecule has 0 saturated heterocycles. The van der Waals surface area contributed by atoms with Gasteiger partial charge in [-0.05, 0) is 135 Å². The zero-order valence-electron chi connectivity index (χ0n) is 27.8. The lowest BCUT2D eigenvalue weighted by Gasteiger charge is -2.26. The molecule has 6 aromatic rings. The minimum atomic E-state index is 0.417. The Kier molecular flexibility index (Phi) is 10.1. The van der Waals surface area contributed by atoms with Crippen LogP contribution in [0.2, 0.25) is 0 Å². The monoisotopic (exact) mass is 636 g/mol. The molecule has 0 aromatic heterocycles. The molecular weight excluding hydrogens is 596 g/mol. The van der Waals surface area contributed by atoms with Crippen molar-refractivity contribution in [2.24, 2.45) is 0 Å². The molecule has 0 atom stereocenters. The van der Waals surface area contributed by atoms with E-state index in [1.54, 1.807) is 14.2 Å². The number of ether oxygens (including phenoxy) is 4. The molecule has 0 heterocycles. The molecule has 6 rings (SSSR count). The molecule has 6 heteroatoms. The smallest absolute Gasteiger partial charge is 0.122 e. The molecule has 0 aliphatic carbocycles. The number of nitrogens with zero attached hydrogens (tertiary/aromatic N) is 2. The number of hydrogen-bond acceptors (Lipinski definition) is 6. The van der Waals surface area contributed by atoms with Gasteiger partial charge in [-0.25, -0.2) is 0 Å². The first-order chi connectivity index (χ1) is 23.5. The van der Waals surface area contributed by atoms with Gasteiger partial charge in [-0.15, -0.1) is 0 Å². The zero-order valence-corrected chi connectivity index (χ0v) is 27.8. The van der Waals surface area contributed by atoms with Crippen LogP contribution in [0.15, 0.2) is 146 Å². The zero-order chi connectivity index (χ0) is 33.3. The predicted molar refractivity (Wildman–Crippen MR) is 196 cm³/mol. The number of rotatable bonds is 13. The average Bonchev–Trinajstić information content (AvgIpc) is 3.14. The van der Waals surface area contributed by atoms with Gasteiger partial charge >= 0.3 is 0 Å². The average molecular weight is 637 g/mol. The van der Waals surface area contributed by atoms with Crippen LogP contribution < -0.4 is 28.7 Å². The molecule has 48 heavy (non-hydrogen) atoms. The molecule has 0 aliphatic heterocycles. The second-order valence-corrected chi connectivity index (χ2v) is 11.4. The Labute approximate surface area is 283 Å². The lowest BCUT2D eigenvalue weighted by Crippen LogP contribution is -2.11. The van der Waals surface area contributed by atoms with E-state index in [9.17, 15) is 0 Å². The van der Waals surface area contributed by atoms with Crippen LogP contribution in [0.3, 0.4) is 0 Å². The fraction of sp³-hybridized carbons (Fsp3) is 0.143. The van der Waals surface area contributed by atoms with Gasteiger partial charge in [-0.1, -0.05) is 35.4 Å². The summed E-state index contributed by atoms with van der Waals surface area (Å²) in [6.07, 6.45) is 0. The summed E-state index contributed by atoms with van der Waals surface area (Å²) in [7, 11) is 3.34. The summed E-state index contributed by atoms with van der Waals surface area (Å²) in [5.74, 6) is 3.18. The first-order valence-electron chi connectivity index (χ1n) is 16.0. The molecule has 0 saturated carbocycles. The van der Waals surface area contributed by atoms with Crippen LogP contribution in [-0.2, 0) is 0 Å². The molecule has 0 N–H and O–H groups in total. The van der Waals surface area contributed by atoms with Crippen LogP contribution >= 0.6 is 0 Å². The summed E-state index contributed by atoms with van der Waals surface area (Å²) in [5.41, 5.74) is 8.75. The summed E-state index contributed by atoms with van der Waals surface area (Å²) in [5, 5.41) is 0. The fourth-order valence-corrected chi connectivity index (χ4v) is 5.45. The molecule has 242 valence electrons. The highest BCUT2D eigenvalue weighted by molar-refractivity contribution is 5.78. The van der Waals surface area contributed by atoms with E-state index in [2.05, 4.69) is 96.4 Å². The van der Waals surface area contributed by atoms with E-state index < -0.39 is 0 Å². The summed E-state index contributed by atoms with van der Waals surface area (Å²) < 4.78 is 22.8. The third kappa shape index (κ3) is 7.73. The van der Waals surface area contributed by atoms with Crippen molar-refractivity contribution in [1.29, 1.82) is 0 Å². The van der Waals surface area contributed by atoms with Crippen LogP contribution in [0, 0.1) is 13.8 Å².